The maximum absolute atomic E-state index is 11.2. The summed E-state index contributed by atoms with van der Waals surface area (Å²) in [6.45, 7) is 5.77. The summed E-state index contributed by atoms with van der Waals surface area (Å²) in [5.41, 5.74) is -0.289. The third-order valence-electron chi connectivity index (χ3n) is 3.93. The van der Waals surface area contributed by atoms with Gasteiger partial charge in [-0.3, -0.25) is 4.79 Å². The van der Waals surface area contributed by atoms with Gasteiger partial charge in [-0.25, -0.2) is 0 Å². The molecule has 0 aromatic carbocycles. The van der Waals surface area contributed by atoms with Crippen molar-refractivity contribution in [2.45, 2.75) is 65.4 Å². The third-order valence-corrected chi connectivity index (χ3v) is 3.93. The number of aliphatic hydroxyl groups is 1. The second-order valence-electron chi connectivity index (χ2n) is 6.53. The Kier molecular flexibility index (Phi) is 4.99. The van der Waals surface area contributed by atoms with E-state index in [0.717, 1.165) is 6.42 Å². The van der Waals surface area contributed by atoms with Crippen molar-refractivity contribution >= 4 is 5.97 Å². The molecule has 1 fully saturated rings. The zero-order valence-electron chi connectivity index (χ0n) is 11.3. The summed E-state index contributed by atoms with van der Waals surface area (Å²) in [5, 5.41) is 19.2. The first-order valence-electron chi connectivity index (χ1n) is 6.71. The molecule has 0 aromatic heterocycles. The van der Waals surface area contributed by atoms with Gasteiger partial charge >= 0.3 is 5.97 Å². The average Bonchev–Trinajstić information content (AvgIpc) is 2.64. The molecule has 17 heavy (non-hydrogen) atoms. The van der Waals surface area contributed by atoms with E-state index in [1.165, 1.54) is 25.7 Å². The van der Waals surface area contributed by atoms with E-state index >= 15 is 0 Å². The van der Waals surface area contributed by atoms with Crippen LogP contribution < -0.4 is 0 Å². The predicted molar refractivity (Wildman–Crippen MR) is 67.8 cm³/mol. The Labute approximate surface area is 104 Å². The average molecular weight is 242 g/mol. The zero-order valence-corrected chi connectivity index (χ0v) is 11.3. The van der Waals surface area contributed by atoms with Crippen LogP contribution in [0.2, 0.25) is 0 Å². The van der Waals surface area contributed by atoms with E-state index in [2.05, 4.69) is 0 Å². The summed E-state index contributed by atoms with van der Waals surface area (Å²) in [4.78, 5) is 11.2. The second kappa shape index (κ2) is 5.85. The predicted octanol–water partition coefficient (Wildman–Crippen LogP) is 3.06. The van der Waals surface area contributed by atoms with E-state index in [1.807, 2.05) is 20.8 Å². The number of rotatable bonds is 5. The van der Waals surface area contributed by atoms with Crippen LogP contribution in [0, 0.1) is 17.3 Å². The molecule has 0 amide bonds. The number of carboxylic acid groups (broad SMARTS) is 1. The maximum Gasteiger partial charge on any atom is 0.307 e. The molecule has 2 N–H and O–H groups in total. The van der Waals surface area contributed by atoms with Gasteiger partial charge in [0.15, 0.2) is 0 Å². The molecule has 2 atom stereocenters. The lowest BCUT2D eigenvalue weighted by Gasteiger charge is -2.29. The van der Waals surface area contributed by atoms with E-state index in [0.29, 0.717) is 12.3 Å². The Hall–Kier alpha value is -0.570. The lowest BCUT2D eigenvalue weighted by atomic mass is 9.76. The summed E-state index contributed by atoms with van der Waals surface area (Å²) >= 11 is 0. The van der Waals surface area contributed by atoms with E-state index in [4.69, 9.17) is 0 Å². The van der Waals surface area contributed by atoms with E-state index in [-0.39, 0.29) is 5.41 Å². The molecular weight excluding hydrogens is 216 g/mol. The van der Waals surface area contributed by atoms with Crippen molar-refractivity contribution < 1.29 is 15.0 Å². The van der Waals surface area contributed by atoms with Crippen molar-refractivity contribution in [1.82, 2.24) is 0 Å². The third kappa shape index (κ3) is 4.66. The fraction of sp³-hybridized carbons (Fsp3) is 0.929. The van der Waals surface area contributed by atoms with Gasteiger partial charge in [0.2, 0.25) is 0 Å². The highest BCUT2D eigenvalue weighted by Crippen LogP contribution is 2.34. The molecular formula is C14H26O3. The molecule has 0 saturated heterocycles. The van der Waals surface area contributed by atoms with Crippen molar-refractivity contribution in [1.29, 1.82) is 0 Å². The summed E-state index contributed by atoms with van der Waals surface area (Å²) in [5.74, 6) is -0.638. The van der Waals surface area contributed by atoms with Gasteiger partial charge in [0.25, 0.3) is 0 Å². The van der Waals surface area contributed by atoms with Gasteiger partial charge in [-0.1, -0.05) is 46.5 Å². The molecule has 0 radical (unpaired) electrons. The molecule has 0 heterocycles. The molecule has 1 rings (SSSR count). The minimum absolute atomic E-state index is 0.289. The first kappa shape index (κ1) is 14.5. The Balaban J connectivity index is 2.46. The van der Waals surface area contributed by atoms with Gasteiger partial charge in [-0.15, -0.1) is 0 Å². The van der Waals surface area contributed by atoms with Crippen LogP contribution in [0.15, 0.2) is 0 Å². The smallest absolute Gasteiger partial charge is 0.307 e. The molecule has 3 nitrogen and oxygen atoms in total. The summed E-state index contributed by atoms with van der Waals surface area (Å²) in [7, 11) is 0. The summed E-state index contributed by atoms with van der Waals surface area (Å²) < 4.78 is 0. The highest BCUT2D eigenvalue weighted by Gasteiger charge is 2.33. The maximum atomic E-state index is 11.2. The minimum Gasteiger partial charge on any atom is -0.481 e. The Morgan fingerprint density at radius 3 is 2.24 bits per heavy atom. The van der Waals surface area contributed by atoms with Crippen LogP contribution in [0.1, 0.15) is 59.3 Å². The SMILES string of the molecule is CC(C)(C)C(CC(O)CC1CCCC1)C(=O)O. The van der Waals surface area contributed by atoms with E-state index < -0.39 is 18.0 Å². The molecule has 0 bridgehead atoms. The molecule has 1 aliphatic carbocycles. The van der Waals surface area contributed by atoms with Crippen molar-refractivity contribution in [2.24, 2.45) is 17.3 Å². The number of hydrogen-bond acceptors (Lipinski definition) is 2. The molecule has 100 valence electrons. The number of carbonyl (C=O) groups is 1. The summed E-state index contributed by atoms with van der Waals surface area (Å²) in [6.07, 6.45) is 5.63. The summed E-state index contributed by atoms with van der Waals surface area (Å²) in [6, 6.07) is 0. The largest absolute Gasteiger partial charge is 0.481 e. The van der Waals surface area contributed by atoms with Gasteiger partial charge in [0.1, 0.15) is 0 Å². The molecule has 3 heteroatoms. The van der Waals surface area contributed by atoms with Crippen molar-refractivity contribution in [3.05, 3.63) is 0 Å². The highest BCUT2D eigenvalue weighted by atomic mass is 16.4. The van der Waals surface area contributed by atoms with Crippen molar-refractivity contribution in [3.8, 4) is 0 Å². The Bertz CT molecular complexity index is 249. The van der Waals surface area contributed by atoms with Crippen LogP contribution >= 0.6 is 0 Å². The van der Waals surface area contributed by atoms with Crippen LogP contribution in [0.25, 0.3) is 0 Å². The van der Waals surface area contributed by atoms with Gasteiger partial charge in [0, 0.05) is 0 Å². The quantitative estimate of drug-likeness (QED) is 0.779. The monoisotopic (exact) mass is 242 g/mol. The molecule has 1 aliphatic rings. The molecule has 0 aromatic rings. The van der Waals surface area contributed by atoms with Crippen LogP contribution in [-0.4, -0.2) is 22.3 Å². The van der Waals surface area contributed by atoms with E-state index in [9.17, 15) is 15.0 Å². The molecule has 0 aliphatic heterocycles. The zero-order chi connectivity index (χ0) is 13.1. The fourth-order valence-corrected chi connectivity index (χ4v) is 2.82. The number of aliphatic hydroxyl groups excluding tert-OH is 1. The molecule has 2 unspecified atom stereocenters. The van der Waals surface area contributed by atoms with Gasteiger partial charge < -0.3 is 10.2 Å². The van der Waals surface area contributed by atoms with Crippen molar-refractivity contribution in [2.75, 3.05) is 0 Å². The Morgan fingerprint density at radius 2 is 1.82 bits per heavy atom. The minimum atomic E-state index is -0.789. The van der Waals surface area contributed by atoms with Crippen LogP contribution in [0.5, 0.6) is 0 Å². The topological polar surface area (TPSA) is 57.5 Å². The van der Waals surface area contributed by atoms with Crippen molar-refractivity contribution in [3.63, 3.8) is 0 Å². The van der Waals surface area contributed by atoms with E-state index in [1.54, 1.807) is 0 Å². The number of hydrogen-bond donors (Lipinski definition) is 2. The number of aliphatic carboxylic acids is 1. The standard InChI is InChI=1S/C14H26O3/c1-14(2,3)12(13(16)17)9-11(15)8-10-6-4-5-7-10/h10-12,15H,4-9H2,1-3H3,(H,16,17). The highest BCUT2D eigenvalue weighted by molar-refractivity contribution is 5.70. The normalized spacial score (nSPS) is 21.4. The van der Waals surface area contributed by atoms with Gasteiger partial charge in [-0.2, -0.15) is 0 Å². The first-order chi connectivity index (χ1) is 7.80. The molecule has 1 saturated carbocycles. The Morgan fingerprint density at radius 1 is 1.29 bits per heavy atom. The van der Waals surface area contributed by atoms with Crippen LogP contribution in [0.4, 0.5) is 0 Å². The van der Waals surface area contributed by atoms with Gasteiger partial charge in [0.05, 0.1) is 12.0 Å². The second-order valence-corrected chi connectivity index (χ2v) is 6.53. The first-order valence-corrected chi connectivity index (χ1v) is 6.71. The lowest BCUT2D eigenvalue weighted by molar-refractivity contribution is -0.147. The lowest BCUT2D eigenvalue weighted by Crippen LogP contribution is -2.32. The van der Waals surface area contributed by atoms with Crippen LogP contribution in [-0.2, 0) is 4.79 Å². The van der Waals surface area contributed by atoms with Gasteiger partial charge in [-0.05, 0) is 24.2 Å². The molecule has 0 spiro atoms. The van der Waals surface area contributed by atoms with Crippen LogP contribution in [0.3, 0.4) is 0 Å². The number of carboxylic acids is 1. The fourth-order valence-electron chi connectivity index (χ4n) is 2.82.